The van der Waals surface area contributed by atoms with Crippen molar-refractivity contribution in [1.29, 1.82) is 0 Å². The van der Waals surface area contributed by atoms with Gasteiger partial charge in [-0.15, -0.1) is 0 Å². The predicted molar refractivity (Wildman–Crippen MR) is 129 cm³/mol. The first kappa shape index (κ1) is 20.6. The van der Waals surface area contributed by atoms with Gasteiger partial charge in [0.2, 0.25) is 0 Å². The van der Waals surface area contributed by atoms with E-state index in [0.717, 1.165) is 27.8 Å². The molecule has 0 fully saturated rings. The summed E-state index contributed by atoms with van der Waals surface area (Å²) in [5, 5.41) is 0. The molecule has 31 heavy (non-hydrogen) atoms. The van der Waals surface area contributed by atoms with Crippen LogP contribution in [0, 0.1) is 5.92 Å². The summed E-state index contributed by atoms with van der Waals surface area (Å²) in [6.07, 6.45) is 2.16. The van der Waals surface area contributed by atoms with Gasteiger partial charge in [-0.1, -0.05) is 127 Å². The summed E-state index contributed by atoms with van der Waals surface area (Å²) in [5.41, 5.74) is 5.59. The maximum absolute atomic E-state index is 13.1. The molecule has 0 N–H and O–H groups in total. The summed E-state index contributed by atoms with van der Waals surface area (Å²) in [6, 6.07) is 41.3. The molecule has 0 bridgehead atoms. The molecule has 0 saturated heterocycles. The van der Waals surface area contributed by atoms with Crippen molar-refractivity contribution in [3.05, 3.63) is 150 Å². The standard InChI is InChI=1S/C30H26O/c1-23(31)28(30(26-18-10-4-11-19-26)27-20-12-5-13-21-27)22-29(24-14-6-2-7-15-24)25-16-8-3-9-17-25/h2-22,28,30H,1H3. The Morgan fingerprint density at radius 2 is 0.935 bits per heavy atom. The lowest BCUT2D eigenvalue weighted by Gasteiger charge is -2.25. The van der Waals surface area contributed by atoms with Gasteiger partial charge in [-0.05, 0) is 34.8 Å². The molecule has 1 atom stereocenters. The van der Waals surface area contributed by atoms with Crippen LogP contribution in [0.15, 0.2) is 127 Å². The molecule has 4 aromatic carbocycles. The Balaban J connectivity index is 1.90. The lowest BCUT2D eigenvalue weighted by atomic mass is 9.77. The quantitative estimate of drug-likeness (QED) is 0.321. The molecule has 0 saturated carbocycles. The van der Waals surface area contributed by atoms with Crippen molar-refractivity contribution in [3.63, 3.8) is 0 Å². The highest BCUT2D eigenvalue weighted by molar-refractivity contribution is 5.88. The molecule has 0 aliphatic heterocycles. The zero-order valence-corrected chi connectivity index (χ0v) is 17.7. The molecule has 1 heteroatoms. The Kier molecular flexibility index (Phi) is 6.54. The number of ketones is 1. The molecule has 0 aliphatic rings. The largest absolute Gasteiger partial charge is 0.299 e. The van der Waals surface area contributed by atoms with E-state index < -0.39 is 0 Å². The number of hydrogen-bond donors (Lipinski definition) is 0. The maximum Gasteiger partial charge on any atom is 0.137 e. The van der Waals surface area contributed by atoms with Crippen molar-refractivity contribution in [2.24, 2.45) is 5.92 Å². The van der Waals surface area contributed by atoms with Crippen LogP contribution in [0.4, 0.5) is 0 Å². The van der Waals surface area contributed by atoms with Gasteiger partial charge in [-0.2, -0.15) is 0 Å². The number of hydrogen-bond acceptors (Lipinski definition) is 1. The van der Waals surface area contributed by atoms with Gasteiger partial charge in [0.25, 0.3) is 0 Å². The third-order valence-electron chi connectivity index (χ3n) is 5.66. The smallest absolute Gasteiger partial charge is 0.137 e. The van der Waals surface area contributed by atoms with Crippen LogP contribution in [0.1, 0.15) is 35.1 Å². The van der Waals surface area contributed by atoms with E-state index in [1.54, 1.807) is 6.92 Å². The van der Waals surface area contributed by atoms with Crippen molar-refractivity contribution >= 4 is 11.4 Å². The second-order valence-electron chi connectivity index (χ2n) is 7.75. The molecular weight excluding hydrogens is 376 g/mol. The van der Waals surface area contributed by atoms with Crippen LogP contribution < -0.4 is 0 Å². The van der Waals surface area contributed by atoms with E-state index in [2.05, 4.69) is 54.6 Å². The van der Waals surface area contributed by atoms with Crippen LogP contribution in [0.25, 0.3) is 5.57 Å². The Morgan fingerprint density at radius 1 is 0.581 bits per heavy atom. The number of rotatable bonds is 7. The normalized spacial score (nSPS) is 11.7. The SMILES string of the molecule is CC(=O)C(C=C(c1ccccc1)c1ccccc1)C(c1ccccc1)c1ccccc1. The zero-order valence-electron chi connectivity index (χ0n) is 17.7. The van der Waals surface area contributed by atoms with Gasteiger partial charge >= 0.3 is 0 Å². The summed E-state index contributed by atoms with van der Waals surface area (Å²) >= 11 is 0. The van der Waals surface area contributed by atoms with Crippen LogP contribution in [-0.4, -0.2) is 5.78 Å². The Bertz CT molecular complexity index is 1050. The monoisotopic (exact) mass is 402 g/mol. The van der Waals surface area contributed by atoms with Gasteiger partial charge in [0, 0.05) is 11.8 Å². The number of Topliss-reactive ketones (excluding diaryl/α,β-unsaturated/α-hetero) is 1. The van der Waals surface area contributed by atoms with Crippen LogP contribution in [0.5, 0.6) is 0 Å². The van der Waals surface area contributed by atoms with Crippen LogP contribution in [0.3, 0.4) is 0 Å². The molecule has 152 valence electrons. The molecule has 0 aliphatic carbocycles. The fraction of sp³-hybridized carbons (Fsp3) is 0.100. The first-order valence-electron chi connectivity index (χ1n) is 10.7. The van der Waals surface area contributed by atoms with Gasteiger partial charge in [0.1, 0.15) is 5.78 Å². The van der Waals surface area contributed by atoms with Gasteiger partial charge in [0.05, 0.1) is 0 Å². The first-order valence-corrected chi connectivity index (χ1v) is 10.7. The zero-order chi connectivity index (χ0) is 21.5. The van der Waals surface area contributed by atoms with Crippen molar-refractivity contribution in [2.45, 2.75) is 12.8 Å². The van der Waals surface area contributed by atoms with Gasteiger partial charge in [-0.25, -0.2) is 0 Å². The molecule has 0 radical (unpaired) electrons. The third kappa shape index (κ3) is 4.90. The van der Waals surface area contributed by atoms with Crippen LogP contribution in [0.2, 0.25) is 0 Å². The van der Waals surface area contributed by atoms with Crippen LogP contribution in [-0.2, 0) is 4.79 Å². The fourth-order valence-electron chi connectivity index (χ4n) is 4.15. The first-order chi connectivity index (χ1) is 15.2. The molecule has 0 spiro atoms. The molecular formula is C30H26O. The molecule has 1 nitrogen and oxygen atoms in total. The van der Waals surface area contributed by atoms with E-state index in [9.17, 15) is 4.79 Å². The highest BCUT2D eigenvalue weighted by atomic mass is 16.1. The average molecular weight is 403 g/mol. The summed E-state index contributed by atoms with van der Waals surface area (Å²) < 4.78 is 0. The minimum absolute atomic E-state index is 0.0534. The summed E-state index contributed by atoms with van der Waals surface area (Å²) in [6.45, 7) is 1.70. The predicted octanol–water partition coefficient (Wildman–Crippen LogP) is 7.16. The van der Waals surface area contributed by atoms with Crippen molar-refractivity contribution in [1.82, 2.24) is 0 Å². The van der Waals surface area contributed by atoms with Crippen molar-refractivity contribution < 1.29 is 4.79 Å². The maximum atomic E-state index is 13.1. The van der Waals surface area contributed by atoms with Crippen molar-refractivity contribution in [2.75, 3.05) is 0 Å². The summed E-state index contributed by atoms with van der Waals surface area (Å²) in [7, 11) is 0. The Hall–Kier alpha value is -3.71. The van der Waals surface area contributed by atoms with E-state index in [0.29, 0.717) is 0 Å². The average Bonchev–Trinajstić information content (AvgIpc) is 2.84. The van der Waals surface area contributed by atoms with Crippen LogP contribution >= 0.6 is 0 Å². The van der Waals surface area contributed by atoms with E-state index in [-0.39, 0.29) is 17.6 Å². The molecule has 0 amide bonds. The number of carbonyl (C=O) groups excluding carboxylic acids is 1. The molecule has 1 unspecified atom stereocenters. The highest BCUT2D eigenvalue weighted by Gasteiger charge is 2.27. The lowest BCUT2D eigenvalue weighted by Crippen LogP contribution is -2.20. The number of allylic oxidation sites excluding steroid dienone is 1. The number of benzene rings is 4. The van der Waals surface area contributed by atoms with Gasteiger partial charge in [-0.3, -0.25) is 4.79 Å². The minimum atomic E-state index is -0.291. The molecule has 0 heterocycles. The molecule has 4 aromatic rings. The second kappa shape index (κ2) is 9.86. The highest BCUT2D eigenvalue weighted by Crippen LogP contribution is 2.36. The summed E-state index contributed by atoms with van der Waals surface area (Å²) in [4.78, 5) is 13.1. The second-order valence-corrected chi connectivity index (χ2v) is 7.75. The molecule has 4 rings (SSSR count). The van der Waals surface area contributed by atoms with E-state index in [1.807, 2.05) is 72.8 Å². The van der Waals surface area contributed by atoms with Crippen molar-refractivity contribution in [3.8, 4) is 0 Å². The van der Waals surface area contributed by atoms with E-state index >= 15 is 0 Å². The van der Waals surface area contributed by atoms with Gasteiger partial charge < -0.3 is 0 Å². The van der Waals surface area contributed by atoms with E-state index in [4.69, 9.17) is 0 Å². The fourth-order valence-corrected chi connectivity index (χ4v) is 4.15. The topological polar surface area (TPSA) is 17.1 Å². The summed E-state index contributed by atoms with van der Waals surface area (Å²) in [5.74, 6) is -0.190. The lowest BCUT2D eigenvalue weighted by molar-refractivity contribution is -0.119. The third-order valence-corrected chi connectivity index (χ3v) is 5.66. The number of carbonyl (C=O) groups is 1. The van der Waals surface area contributed by atoms with E-state index in [1.165, 1.54) is 0 Å². The Labute approximate surface area is 184 Å². The molecule has 0 aromatic heterocycles. The van der Waals surface area contributed by atoms with Gasteiger partial charge in [0.15, 0.2) is 0 Å². The minimum Gasteiger partial charge on any atom is -0.299 e. The Morgan fingerprint density at radius 3 is 1.29 bits per heavy atom.